The summed E-state index contributed by atoms with van der Waals surface area (Å²) in [5.74, 6) is -0.515. The van der Waals surface area contributed by atoms with Crippen LogP contribution < -0.4 is 4.72 Å². The maximum Gasteiger partial charge on any atom is 0.364 e. The highest BCUT2D eigenvalue weighted by Gasteiger charge is 2.25. The Bertz CT molecular complexity index is 762. The van der Waals surface area contributed by atoms with E-state index in [1.54, 1.807) is 24.4 Å². The molecule has 0 aliphatic heterocycles. The van der Waals surface area contributed by atoms with Crippen LogP contribution in [0.2, 0.25) is 0 Å². The van der Waals surface area contributed by atoms with Gasteiger partial charge < -0.3 is 10.1 Å². The summed E-state index contributed by atoms with van der Waals surface area (Å²) in [6.45, 7) is 1.50. The van der Waals surface area contributed by atoms with Gasteiger partial charge in [-0.2, -0.15) is 0 Å². The molecule has 0 aliphatic carbocycles. The number of rotatable bonds is 5. The summed E-state index contributed by atoms with van der Waals surface area (Å²) in [4.78, 5) is 17.5. The molecule has 0 aliphatic rings. The van der Waals surface area contributed by atoms with E-state index in [0.29, 0.717) is 11.3 Å². The number of hydrogen-bond acceptors (Lipinski definition) is 6. The number of aromatic nitrogens is 2. The predicted octanol–water partition coefficient (Wildman–Crippen LogP) is 1.17. The lowest BCUT2D eigenvalue weighted by Crippen LogP contribution is -2.25. The molecule has 110 valence electrons. The molecule has 2 rings (SSSR count). The molecule has 21 heavy (non-hydrogen) atoms. The second-order valence-electron chi connectivity index (χ2n) is 4.19. The molecule has 0 saturated carbocycles. The third-order valence-corrected chi connectivity index (χ3v) is 4.09. The van der Waals surface area contributed by atoms with Crippen LogP contribution in [0.3, 0.4) is 0 Å². The molecule has 8 nitrogen and oxygen atoms in total. The molecule has 0 amide bonds. The van der Waals surface area contributed by atoms with E-state index in [1.165, 1.54) is 13.0 Å². The van der Waals surface area contributed by atoms with E-state index >= 15 is 0 Å². The van der Waals surface area contributed by atoms with Gasteiger partial charge in [0.25, 0.3) is 15.0 Å². The van der Waals surface area contributed by atoms with Crippen molar-refractivity contribution >= 4 is 15.8 Å². The molecular weight excluding hydrogens is 296 g/mol. The highest BCUT2D eigenvalue weighted by molar-refractivity contribution is 7.89. The smallest absolute Gasteiger partial charge is 0.358 e. The summed E-state index contributed by atoms with van der Waals surface area (Å²) in [5, 5.41) is 10.3. The van der Waals surface area contributed by atoms with Gasteiger partial charge >= 0.3 is 5.82 Å². The van der Waals surface area contributed by atoms with Crippen molar-refractivity contribution in [3.05, 3.63) is 57.9 Å². The van der Waals surface area contributed by atoms with Crippen molar-refractivity contribution < 1.29 is 13.3 Å². The van der Waals surface area contributed by atoms with Crippen molar-refractivity contribution in [1.29, 1.82) is 0 Å². The van der Waals surface area contributed by atoms with Crippen LogP contribution in [0.25, 0.3) is 0 Å². The van der Waals surface area contributed by atoms with Gasteiger partial charge in [-0.15, -0.1) is 0 Å². The fourth-order valence-corrected chi connectivity index (χ4v) is 2.79. The van der Waals surface area contributed by atoms with Crippen molar-refractivity contribution in [3.63, 3.8) is 0 Å². The van der Waals surface area contributed by atoms with Gasteiger partial charge in [-0.1, -0.05) is 6.07 Å². The van der Waals surface area contributed by atoms with Crippen LogP contribution in [0.15, 0.2) is 41.6 Å². The minimum Gasteiger partial charge on any atom is -0.358 e. The Kier molecular flexibility index (Phi) is 4.24. The number of nitrogens with one attached hydrogen (secondary N) is 1. The maximum absolute atomic E-state index is 12.2. The number of hydrogen-bond donors (Lipinski definition) is 1. The second-order valence-corrected chi connectivity index (χ2v) is 5.88. The molecule has 0 radical (unpaired) electrons. The molecule has 9 heteroatoms. The molecule has 2 aromatic rings. The van der Waals surface area contributed by atoms with Gasteiger partial charge in [0.2, 0.25) is 0 Å². The van der Waals surface area contributed by atoms with Crippen LogP contribution in [-0.4, -0.2) is 23.3 Å². The zero-order valence-corrected chi connectivity index (χ0v) is 11.9. The fraction of sp³-hybridized carbons (Fsp3) is 0.167. The molecule has 0 atom stereocenters. The number of nitrogens with zero attached hydrogens (tertiary/aromatic N) is 3. The molecule has 0 fully saturated rings. The maximum atomic E-state index is 12.2. The van der Waals surface area contributed by atoms with Crippen LogP contribution in [0.4, 0.5) is 5.82 Å². The normalized spacial score (nSPS) is 11.3. The number of sulfonamides is 1. The average molecular weight is 308 g/mol. The van der Waals surface area contributed by atoms with E-state index in [4.69, 9.17) is 0 Å². The summed E-state index contributed by atoms with van der Waals surface area (Å²) in [6.07, 6.45) is 1.54. The van der Waals surface area contributed by atoms with Crippen LogP contribution in [-0.2, 0) is 16.6 Å². The second kappa shape index (κ2) is 5.94. The first-order valence-corrected chi connectivity index (χ1v) is 7.40. The quantitative estimate of drug-likeness (QED) is 0.655. The summed E-state index contributed by atoms with van der Waals surface area (Å²) in [7, 11) is -3.95. The Hall–Kier alpha value is -2.39. The third kappa shape index (κ3) is 3.58. The van der Waals surface area contributed by atoms with Gasteiger partial charge in [0.1, 0.15) is 0 Å². The lowest BCUT2D eigenvalue weighted by molar-refractivity contribution is -0.390. The van der Waals surface area contributed by atoms with Gasteiger partial charge in [0.15, 0.2) is 0 Å². The molecule has 0 bridgehead atoms. The van der Waals surface area contributed by atoms with Crippen LogP contribution in [0, 0.1) is 17.0 Å². The summed E-state index contributed by atoms with van der Waals surface area (Å²) >= 11 is 0. The molecule has 0 aromatic carbocycles. The largest absolute Gasteiger partial charge is 0.364 e. The highest BCUT2D eigenvalue weighted by atomic mass is 32.2. The Morgan fingerprint density at radius 1 is 1.29 bits per heavy atom. The molecule has 1 N–H and O–H groups in total. The Morgan fingerprint density at radius 3 is 2.67 bits per heavy atom. The molecule has 0 unspecified atom stereocenters. The van der Waals surface area contributed by atoms with Gasteiger partial charge in [-0.25, -0.2) is 13.1 Å². The first kappa shape index (κ1) is 15.0. The molecule has 2 aromatic heterocycles. The van der Waals surface area contributed by atoms with E-state index < -0.39 is 20.8 Å². The van der Waals surface area contributed by atoms with Crippen molar-refractivity contribution in [3.8, 4) is 0 Å². The van der Waals surface area contributed by atoms with Gasteiger partial charge in [0.05, 0.1) is 12.2 Å². The lowest BCUT2D eigenvalue weighted by Gasteiger charge is -2.05. The monoisotopic (exact) mass is 308 g/mol. The predicted molar refractivity (Wildman–Crippen MR) is 73.9 cm³/mol. The first-order chi connectivity index (χ1) is 9.90. The van der Waals surface area contributed by atoms with Crippen LogP contribution in [0.5, 0.6) is 0 Å². The Labute approximate surface area is 121 Å². The van der Waals surface area contributed by atoms with Crippen LogP contribution >= 0.6 is 0 Å². The minimum absolute atomic E-state index is 0.0208. The average Bonchev–Trinajstić information content (AvgIpc) is 2.46. The molecule has 0 saturated heterocycles. The highest BCUT2D eigenvalue weighted by Crippen LogP contribution is 2.17. The van der Waals surface area contributed by atoms with E-state index in [9.17, 15) is 18.5 Å². The zero-order valence-electron chi connectivity index (χ0n) is 11.1. The molecule has 0 spiro atoms. The lowest BCUT2D eigenvalue weighted by atomic mass is 10.3. The minimum atomic E-state index is -3.95. The van der Waals surface area contributed by atoms with Crippen molar-refractivity contribution in [2.75, 3.05) is 0 Å². The van der Waals surface area contributed by atoms with Gasteiger partial charge in [-0.3, -0.25) is 4.98 Å². The van der Waals surface area contributed by atoms with E-state index in [1.807, 2.05) is 0 Å². The van der Waals surface area contributed by atoms with Crippen LogP contribution in [0.1, 0.15) is 11.3 Å². The number of nitro groups is 1. The van der Waals surface area contributed by atoms with Crippen molar-refractivity contribution in [1.82, 2.24) is 14.7 Å². The Morgan fingerprint density at radius 2 is 2.05 bits per heavy atom. The number of pyridine rings is 2. The summed E-state index contributed by atoms with van der Waals surface area (Å²) in [6, 6.07) is 7.61. The van der Waals surface area contributed by atoms with E-state index in [0.717, 1.165) is 6.07 Å². The fourth-order valence-electron chi connectivity index (χ4n) is 1.61. The van der Waals surface area contributed by atoms with Gasteiger partial charge in [-0.05, 0) is 35.0 Å². The van der Waals surface area contributed by atoms with Gasteiger partial charge in [0, 0.05) is 17.8 Å². The summed E-state index contributed by atoms with van der Waals surface area (Å²) < 4.78 is 26.7. The molecule has 2 heterocycles. The van der Waals surface area contributed by atoms with Crippen molar-refractivity contribution in [2.45, 2.75) is 18.5 Å². The topological polar surface area (TPSA) is 115 Å². The SMILES string of the molecule is Cc1ccc([N+](=O)[O-])nc1S(=O)(=O)NCc1ccccn1. The van der Waals surface area contributed by atoms with Crippen molar-refractivity contribution in [2.24, 2.45) is 0 Å². The molecular formula is C12H12N4O4S. The number of aryl methyl sites for hydroxylation is 1. The summed E-state index contributed by atoms with van der Waals surface area (Å²) in [5.41, 5.74) is 0.860. The standard InChI is InChI=1S/C12H12N4O4S/c1-9-5-6-11(16(17)18)15-12(9)21(19,20)14-8-10-4-2-3-7-13-10/h2-7,14H,8H2,1H3. The third-order valence-electron chi connectivity index (χ3n) is 2.65. The first-order valence-electron chi connectivity index (χ1n) is 5.92. The Balaban J connectivity index is 2.27. The zero-order chi connectivity index (χ0) is 15.5. The van der Waals surface area contributed by atoms with E-state index in [2.05, 4.69) is 14.7 Å². The van der Waals surface area contributed by atoms with E-state index in [-0.39, 0.29) is 11.6 Å².